The molecule has 0 bridgehead atoms. The van der Waals surface area contributed by atoms with E-state index in [4.69, 9.17) is 12.2 Å². The molecular formula is C17H20N2S. The molecule has 2 aromatic carbocycles. The van der Waals surface area contributed by atoms with E-state index in [9.17, 15) is 0 Å². The van der Waals surface area contributed by atoms with Crippen LogP contribution in [0, 0.1) is 0 Å². The largest absolute Gasteiger partial charge is 0.356 e. The minimum atomic E-state index is 0.185. The number of thiocarbonyl (C=S) groups is 1. The molecule has 0 amide bonds. The molecule has 2 rings (SSSR count). The van der Waals surface area contributed by atoms with Gasteiger partial charge in [-0.2, -0.15) is 0 Å². The van der Waals surface area contributed by atoms with Crippen molar-refractivity contribution in [1.29, 1.82) is 0 Å². The molecule has 1 atom stereocenters. The summed E-state index contributed by atoms with van der Waals surface area (Å²) in [6, 6.07) is 18.7. The van der Waals surface area contributed by atoms with Gasteiger partial charge in [0.1, 0.15) is 0 Å². The molecule has 0 saturated heterocycles. The molecular weight excluding hydrogens is 264 g/mol. The molecule has 0 saturated carbocycles. The number of hydrogen-bond donors (Lipinski definition) is 2. The van der Waals surface area contributed by atoms with Gasteiger partial charge in [-0.05, 0) is 42.8 Å². The van der Waals surface area contributed by atoms with E-state index < -0.39 is 0 Å². The van der Waals surface area contributed by atoms with Crippen molar-refractivity contribution in [1.82, 2.24) is 5.32 Å². The Morgan fingerprint density at radius 2 is 1.70 bits per heavy atom. The monoisotopic (exact) mass is 284 g/mol. The number of benzene rings is 2. The molecule has 2 aromatic rings. The van der Waals surface area contributed by atoms with Gasteiger partial charge in [0.15, 0.2) is 5.11 Å². The zero-order valence-electron chi connectivity index (χ0n) is 11.9. The molecule has 20 heavy (non-hydrogen) atoms. The normalized spacial score (nSPS) is 11.7. The average molecular weight is 284 g/mol. The highest BCUT2D eigenvalue weighted by atomic mass is 32.1. The van der Waals surface area contributed by atoms with E-state index >= 15 is 0 Å². The Morgan fingerprint density at radius 3 is 2.40 bits per heavy atom. The van der Waals surface area contributed by atoms with Crippen LogP contribution in [0.2, 0.25) is 0 Å². The first kappa shape index (κ1) is 14.5. The lowest BCUT2D eigenvalue weighted by molar-refractivity contribution is 0.722. The molecule has 2 nitrogen and oxygen atoms in total. The second-order valence-electron chi connectivity index (χ2n) is 4.74. The van der Waals surface area contributed by atoms with Crippen molar-refractivity contribution in [3.05, 3.63) is 65.7 Å². The maximum Gasteiger partial charge on any atom is 0.171 e. The van der Waals surface area contributed by atoms with Crippen LogP contribution in [0.3, 0.4) is 0 Å². The summed E-state index contributed by atoms with van der Waals surface area (Å²) in [7, 11) is 0. The lowest BCUT2D eigenvalue weighted by Gasteiger charge is -2.18. The smallest absolute Gasteiger partial charge is 0.171 e. The second-order valence-corrected chi connectivity index (χ2v) is 5.15. The molecule has 0 radical (unpaired) electrons. The summed E-state index contributed by atoms with van der Waals surface area (Å²) in [5.74, 6) is 0. The summed E-state index contributed by atoms with van der Waals surface area (Å²) in [4.78, 5) is 0. The molecule has 104 valence electrons. The summed E-state index contributed by atoms with van der Waals surface area (Å²) >= 11 is 5.40. The quantitative estimate of drug-likeness (QED) is 0.819. The van der Waals surface area contributed by atoms with Gasteiger partial charge in [0.2, 0.25) is 0 Å². The zero-order chi connectivity index (χ0) is 14.4. The summed E-state index contributed by atoms with van der Waals surface area (Å²) in [6.45, 7) is 4.25. The summed E-state index contributed by atoms with van der Waals surface area (Å²) in [5, 5.41) is 7.25. The minimum Gasteiger partial charge on any atom is -0.356 e. The fourth-order valence-corrected chi connectivity index (χ4v) is 2.42. The number of para-hydroxylation sites is 1. The molecule has 0 spiro atoms. The van der Waals surface area contributed by atoms with E-state index in [-0.39, 0.29) is 6.04 Å². The van der Waals surface area contributed by atoms with Crippen LogP contribution in [0.1, 0.15) is 31.0 Å². The number of anilines is 1. The molecule has 0 aliphatic heterocycles. The highest BCUT2D eigenvalue weighted by Crippen LogP contribution is 2.16. The fraction of sp³-hybridized carbons (Fsp3) is 0.235. The van der Waals surface area contributed by atoms with E-state index in [1.54, 1.807) is 0 Å². The van der Waals surface area contributed by atoms with Gasteiger partial charge >= 0.3 is 0 Å². The third-order valence-corrected chi connectivity index (χ3v) is 3.51. The molecule has 0 aromatic heterocycles. The highest BCUT2D eigenvalue weighted by molar-refractivity contribution is 7.80. The van der Waals surface area contributed by atoms with Crippen molar-refractivity contribution in [2.75, 3.05) is 5.32 Å². The van der Waals surface area contributed by atoms with Gasteiger partial charge in [-0.15, -0.1) is 0 Å². The van der Waals surface area contributed by atoms with Crippen LogP contribution in [0.25, 0.3) is 0 Å². The lowest BCUT2D eigenvalue weighted by atomic mass is 10.1. The number of nitrogens with one attached hydrogen (secondary N) is 2. The highest BCUT2D eigenvalue weighted by Gasteiger charge is 2.07. The summed E-state index contributed by atoms with van der Waals surface area (Å²) in [5.41, 5.74) is 3.57. The Kier molecular flexibility index (Phi) is 5.13. The van der Waals surface area contributed by atoms with Gasteiger partial charge in [-0.1, -0.05) is 55.5 Å². The molecule has 2 N–H and O–H groups in total. The maximum absolute atomic E-state index is 5.40. The number of hydrogen-bond acceptors (Lipinski definition) is 1. The van der Waals surface area contributed by atoms with Crippen LogP contribution < -0.4 is 10.6 Å². The SMILES string of the molecule is CCc1ccccc1NC(=S)NC(C)c1ccccc1. The maximum atomic E-state index is 5.40. The molecule has 0 aliphatic carbocycles. The molecule has 0 fully saturated rings. The van der Waals surface area contributed by atoms with Crippen molar-refractivity contribution in [2.24, 2.45) is 0 Å². The van der Waals surface area contributed by atoms with Gasteiger partial charge in [-0.25, -0.2) is 0 Å². The van der Waals surface area contributed by atoms with Crippen molar-refractivity contribution in [2.45, 2.75) is 26.3 Å². The van der Waals surface area contributed by atoms with Crippen molar-refractivity contribution in [3.8, 4) is 0 Å². The minimum absolute atomic E-state index is 0.185. The standard InChI is InChI=1S/C17H20N2S/c1-3-14-9-7-8-12-16(14)19-17(20)18-13(2)15-10-5-4-6-11-15/h4-13H,3H2,1-2H3,(H2,18,19,20). The molecule has 1 unspecified atom stereocenters. The van der Waals surface area contributed by atoms with Crippen molar-refractivity contribution < 1.29 is 0 Å². The third kappa shape index (κ3) is 3.81. The van der Waals surface area contributed by atoms with E-state index in [0.717, 1.165) is 12.1 Å². The van der Waals surface area contributed by atoms with Crippen molar-refractivity contribution in [3.63, 3.8) is 0 Å². The Morgan fingerprint density at radius 1 is 1.05 bits per heavy atom. The van der Waals surface area contributed by atoms with Gasteiger partial charge < -0.3 is 10.6 Å². The van der Waals surface area contributed by atoms with E-state index in [2.05, 4.69) is 48.7 Å². The van der Waals surface area contributed by atoms with Crippen LogP contribution in [0.15, 0.2) is 54.6 Å². The Bertz CT molecular complexity index is 566. The molecule has 0 aliphatic rings. The average Bonchev–Trinajstić information content (AvgIpc) is 2.48. The topological polar surface area (TPSA) is 24.1 Å². The van der Waals surface area contributed by atoms with Crippen LogP contribution in [0.4, 0.5) is 5.69 Å². The molecule has 3 heteroatoms. The third-order valence-electron chi connectivity index (χ3n) is 3.29. The Balaban J connectivity index is 1.99. The first-order valence-electron chi connectivity index (χ1n) is 6.91. The van der Waals surface area contributed by atoms with Crippen LogP contribution in [-0.2, 0) is 6.42 Å². The fourth-order valence-electron chi connectivity index (χ4n) is 2.13. The van der Waals surface area contributed by atoms with Gasteiger partial charge in [-0.3, -0.25) is 0 Å². The van der Waals surface area contributed by atoms with Gasteiger partial charge in [0, 0.05) is 5.69 Å². The van der Waals surface area contributed by atoms with E-state index in [1.165, 1.54) is 11.1 Å². The molecule has 0 heterocycles. The Labute approximate surface area is 126 Å². The zero-order valence-corrected chi connectivity index (χ0v) is 12.7. The van der Waals surface area contributed by atoms with Gasteiger partial charge in [0.25, 0.3) is 0 Å². The Hall–Kier alpha value is -1.87. The first-order valence-corrected chi connectivity index (χ1v) is 7.32. The van der Waals surface area contributed by atoms with Gasteiger partial charge in [0.05, 0.1) is 6.04 Å². The number of aryl methyl sites for hydroxylation is 1. The number of rotatable bonds is 4. The first-order chi connectivity index (χ1) is 9.70. The van der Waals surface area contributed by atoms with Crippen molar-refractivity contribution >= 4 is 23.0 Å². The summed E-state index contributed by atoms with van der Waals surface area (Å²) < 4.78 is 0. The summed E-state index contributed by atoms with van der Waals surface area (Å²) in [6.07, 6.45) is 0.986. The second kappa shape index (κ2) is 7.06. The van der Waals surface area contributed by atoms with Crippen LogP contribution >= 0.6 is 12.2 Å². The van der Waals surface area contributed by atoms with Crippen LogP contribution in [0.5, 0.6) is 0 Å². The van der Waals surface area contributed by atoms with E-state index in [0.29, 0.717) is 5.11 Å². The van der Waals surface area contributed by atoms with E-state index in [1.807, 2.05) is 30.3 Å². The van der Waals surface area contributed by atoms with Crippen LogP contribution in [-0.4, -0.2) is 5.11 Å². The predicted octanol–water partition coefficient (Wildman–Crippen LogP) is 4.30. The lowest BCUT2D eigenvalue weighted by Crippen LogP contribution is -2.31. The predicted molar refractivity (Wildman–Crippen MR) is 90.0 cm³/mol.